The van der Waals surface area contributed by atoms with E-state index in [2.05, 4.69) is 29.8 Å². The number of thioether (sulfide) groups is 1. The zero-order valence-corrected chi connectivity index (χ0v) is 12.2. The highest BCUT2D eigenvalue weighted by atomic mass is 32.2. The molecule has 0 aliphatic carbocycles. The fraction of sp³-hybridized carbons (Fsp3) is 0.643. The number of anilines is 1. The van der Waals surface area contributed by atoms with Crippen molar-refractivity contribution in [1.82, 2.24) is 4.98 Å². The van der Waals surface area contributed by atoms with Crippen molar-refractivity contribution in [2.24, 2.45) is 0 Å². The molecule has 0 saturated carbocycles. The van der Waals surface area contributed by atoms with Crippen molar-refractivity contribution < 1.29 is 5.11 Å². The molecule has 2 rings (SSSR count). The number of pyridine rings is 1. The van der Waals surface area contributed by atoms with Crippen molar-refractivity contribution in [3.63, 3.8) is 0 Å². The van der Waals surface area contributed by atoms with Gasteiger partial charge in [0.25, 0.3) is 0 Å². The Morgan fingerprint density at radius 1 is 1.39 bits per heavy atom. The van der Waals surface area contributed by atoms with Crippen LogP contribution in [-0.4, -0.2) is 33.7 Å². The molecule has 4 heteroatoms. The molecule has 0 radical (unpaired) electrons. The van der Waals surface area contributed by atoms with Gasteiger partial charge in [-0.15, -0.1) is 0 Å². The Morgan fingerprint density at radius 2 is 2.17 bits per heavy atom. The third-order valence-corrected chi connectivity index (χ3v) is 4.77. The molecule has 2 heterocycles. The molecule has 0 aromatic carbocycles. The second-order valence-corrected chi connectivity index (χ2v) is 7.26. The maximum atomic E-state index is 9.46. The minimum absolute atomic E-state index is 0.377. The second-order valence-electron chi connectivity index (χ2n) is 5.46. The van der Waals surface area contributed by atoms with Crippen LogP contribution in [0, 0.1) is 0 Å². The first kappa shape index (κ1) is 13.7. The van der Waals surface area contributed by atoms with Gasteiger partial charge >= 0.3 is 0 Å². The smallest absolute Gasteiger partial charge is 0.0931 e. The lowest BCUT2D eigenvalue weighted by atomic mass is 10.1. The summed E-state index contributed by atoms with van der Waals surface area (Å²) in [5.74, 6) is 1.16. The van der Waals surface area contributed by atoms with Crippen molar-refractivity contribution in [3.05, 3.63) is 24.0 Å². The molecule has 0 bridgehead atoms. The predicted octanol–water partition coefficient (Wildman–Crippen LogP) is 2.86. The minimum Gasteiger partial charge on any atom is -0.387 e. The quantitative estimate of drug-likeness (QED) is 0.893. The van der Waals surface area contributed by atoms with Crippen molar-refractivity contribution >= 4 is 17.4 Å². The summed E-state index contributed by atoms with van der Waals surface area (Å²) in [4.78, 5) is 6.71. The van der Waals surface area contributed by atoms with Crippen LogP contribution in [0.25, 0.3) is 0 Å². The molecular weight excluding hydrogens is 244 g/mol. The molecule has 1 aromatic heterocycles. The number of hydrogen-bond acceptors (Lipinski definition) is 4. The van der Waals surface area contributed by atoms with Crippen molar-refractivity contribution in [3.8, 4) is 0 Å². The summed E-state index contributed by atoms with van der Waals surface area (Å²) in [6.07, 6.45) is 2.58. The van der Waals surface area contributed by atoms with Crippen LogP contribution < -0.4 is 4.90 Å². The third-order valence-electron chi connectivity index (χ3n) is 3.40. The normalized spacial score (nSPS) is 21.4. The van der Waals surface area contributed by atoms with Gasteiger partial charge in [0.1, 0.15) is 0 Å². The van der Waals surface area contributed by atoms with Crippen LogP contribution in [0.3, 0.4) is 0 Å². The zero-order valence-electron chi connectivity index (χ0n) is 11.4. The monoisotopic (exact) mass is 266 g/mol. The Kier molecular flexibility index (Phi) is 4.17. The van der Waals surface area contributed by atoms with E-state index in [0.29, 0.717) is 4.75 Å². The average Bonchev–Trinajstić information content (AvgIpc) is 2.50. The Labute approximate surface area is 114 Å². The first-order chi connectivity index (χ1) is 8.48. The van der Waals surface area contributed by atoms with Gasteiger partial charge in [-0.25, -0.2) is 0 Å². The van der Waals surface area contributed by atoms with Crippen LogP contribution in [0.4, 0.5) is 5.69 Å². The maximum Gasteiger partial charge on any atom is 0.0931 e. The van der Waals surface area contributed by atoms with E-state index in [4.69, 9.17) is 0 Å². The predicted molar refractivity (Wildman–Crippen MR) is 78.2 cm³/mol. The second kappa shape index (κ2) is 5.49. The maximum absolute atomic E-state index is 9.46. The Morgan fingerprint density at radius 3 is 2.78 bits per heavy atom. The van der Waals surface area contributed by atoms with E-state index in [9.17, 15) is 5.11 Å². The van der Waals surface area contributed by atoms with Crippen LogP contribution in [0.1, 0.15) is 39.0 Å². The molecule has 1 aliphatic rings. The van der Waals surface area contributed by atoms with Gasteiger partial charge in [-0.05, 0) is 25.5 Å². The number of aliphatic hydroxyl groups excluding tert-OH is 1. The summed E-state index contributed by atoms with van der Waals surface area (Å²) < 4.78 is 0.377. The van der Waals surface area contributed by atoms with Gasteiger partial charge in [-0.2, -0.15) is 11.8 Å². The molecule has 1 aliphatic heterocycles. The van der Waals surface area contributed by atoms with Gasteiger partial charge in [0, 0.05) is 23.6 Å². The Balaban J connectivity index is 2.07. The van der Waals surface area contributed by atoms with E-state index in [-0.39, 0.29) is 0 Å². The van der Waals surface area contributed by atoms with E-state index in [1.807, 2.05) is 24.0 Å². The summed E-state index contributed by atoms with van der Waals surface area (Å²) in [6.45, 7) is 8.53. The van der Waals surface area contributed by atoms with Crippen LogP contribution in [-0.2, 0) is 0 Å². The molecule has 0 unspecified atom stereocenters. The SMILES string of the molecule is C[C@H](O)c1ccc(N2CCSC(C)(C)CC2)cn1. The van der Waals surface area contributed by atoms with Crippen LogP contribution in [0.5, 0.6) is 0 Å². The third kappa shape index (κ3) is 3.39. The first-order valence-electron chi connectivity index (χ1n) is 6.51. The summed E-state index contributed by atoms with van der Waals surface area (Å²) in [5, 5.41) is 9.46. The van der Waals surface area contributed by atoms with Crippen LogP contribution >= 0.6 is 11.8 Å². The first-order valence-corrected chi connectivity index (χ1v) is 7.49. The highest BCUT2D eigenvalue weighted by Crippen LogP contribution is 2.32. The number of nitrogens with zero attached hydrogens (tertiary/aromatic N) is 2. The van der Waals surface area contributed by atoms with Gasteiger partial charge < -0.3 is 10.0 Å². The highest BCUT2D eigenvalue weighted by molar-refractivity contribution is 8.00. The zero-order chi connectivity index (χ0) is 13.2. The molecule has 1 fully saturated rings. The van der Waals surface area contributed by atoms with E-state index in [1.54, 1.807) is 6.92 Å². The van der Waals surface area contributed by atoms with Gasteiger partial charge in [0.05, 0.1) is 23.7 Å². The van der Waals surface area contributed by atoms with Gasteiger partial charge in [0.15, 0.2) is 0 Å². The lowest BCUT2D eigenvalue weighted by molar-refractivity contribution is 0.194. The fourth-order valence-corrected chi connectivity index (χ4v) is 3.21. The van der Waals surface area contributed by atoms with Gasteiger partial charge in [-0.3, -0.25) is 4.98 Å². The molecule has 18 heavy (non-hydrogen) atoms. The van der Waals surface area contributed by atoms with Crippen molar-refractivity contribution in [2.45, 2.75) is 38.0 Å². The fourth-order valence-electron chi connectivity index (χ4n) is 2.11. The standard InChI is InChI=1S/C14H22N2OS/c1-11(17)13-5-4-12(10-15-13)16-7-6-14(2,3)18-9-8-16/h4-5,10-11,17H,6-9H2,1-3H3/t11-/m0/s1. The van der Waals surface area contributed by atoms with Gasteiger partial charge in [-0.1, -0.05) is 13.8 Å². The lowest BCUT2D eigenvalue weighted by Crippen LogP contribution is -2.27. The highest BCUT2D eigenvalue weighted by Gasteiger charge is 2.23. The van der Waals surface area contributed by atoms with Crippen molar-refractivity contribution in [2.75, 3.05) is 23.7 Å². The molecule has 1 N–H and O–H groups in total. The van der Waals surface area contributed by atoms with E-state index in [1.165, 1.54) is 6.42 Å². The van der Waals surface area contributed by atoms with Crippen LogP contribution in [0.15, 0.2) is 18.3 Å². The molecule has 1 aromatic rings. The Bertz CT molecular complexity index is 389. The largest absolute Gasteiger partial charge is 0.387 e. The molecule has 1 saturated heterocycles. The number of rotatable bonds is 2. The van der Waals surface area contributed by atoms with Gasteiger partial charge in [0.2, 0.25) is 0 Å². The molecule has 100 valence electrons. The average molecular weight is 266 g/mol. The number of aromatic nitrogens is 1. The Hall–Kier alpha value is -0.740. The minimum atomic E-state index is -0.488. The summed E-state index contributed by atoms with van der Waals surface area (Å²) in [7, 11) is 0. The molecule has 1 atom stereocenters. The topological polar surface area (TPSA) is 36.4 Å². The summed E-state index contributed by atoms with van der Waals surface area (Å²) >= 11 is 2.05. The summed E-state index contributed by atoms with van der Waals surface area (Å²) in [5.41, 5.74) is 1.90. The molecule has 0 spiro atoms. The van der Waals surface area contributed by atoms with E-state index >= 15 is 0 Å². The molecule has 0 amide bonds. The molecule has 3 nitrogen and oxygen atoms in total. The number of aliphatic hydroxyl groups is 1. The van der Waals surface area contributed by atoms with E-state index < -0.39 is 6.10 Å². The lowest BCUT2D eigenvalue weighted by Gasteiger charge is -2.24. The molecular formula is C14H22N2OS. The number of hydrogen-bond donors (Lipinski definition) is 1. The summed E-state index contributed by atoms with van der Waals surface area (Å²) in [6, 6.07) is 3.99. The van der Waals surface area contributed by atoms with Crippen LogP contribution in [0.2, 0.25) is 0 Å². The van der Waals surface area contributed by atoms with E-state index in [0.717, 1.165) is 30.2 Å². The van der Waals surface area contributed by atoms with Crippen molar-refractivity contribution in [1.29, 1.82) is 0 Å².